The lowest BCUT2D eigenvalue weighted by Gasteiger charge is -2.08. The van der Waals surface area contributed by atoms with E-state index in [0.717, 1.165) is 5.56 Å². The topological polar surface area (TPSA) is 78.4 Å². The highest BCUT2D eigenvalue weighted by atomic mass is 16.6. The minimum Gasteiger partial charge on any atom is -0.457 e. The van der Waals surface area contributed by atoms with Crippen LogP contribution in [-0.2, 0) is 0 Å². The highest BCUT2D eigenvalue weighted by molar-refractivity contribution is 5.49. The summed E-state index contributed by atoms with van der Waals surface area (Å²) in [7, 11) is 0. The maximum atomic E-state index is 10.7. The van der Waals surface area contributed by atoms with Crippen LogP contribution in [-0.4, -0.2) is 4.92 Å². The first-order chi connectivity index (χ1) is 8.56. The van der Waals surface area contributed by atoms with Gasteiger partial charge in [-0.3, -0.25) is 10.1 Å². The molecule has 0 saturated carbocycles. The van der Waals surface area contributed by atoms with Crippen LogP contribution < -0.4 is 10.5 Å². The largest absolute Gasteiger partial charge is 0.457 e. The molecule has 0 aliphatic heterocycles. The number of non-ortho nitro benzene ring substituents is 1. The fourth-order valence-electron chi connectivity index (χ4n) is 1.57. The molecular formula is C13H12N2O3. The van der Waals surface area contributed by atoms with Gasteiger partial charge in [-0.2, -0.15) is 0 Å². The van der Waals surface area contributed by atoms with Gasteiger partial charge in [0.25, 0.3) is 5.69 Å². The van der Waals surface area contributed by atoms with Gasteiger partial charge < -0.3 is 10.5 Å². The lowest BCUT2D eigenvalue weighted by molar-refractivity contribution is -0.384. The molecule has 5 heteroatoms. The predicted molar refractivity (Wildman–Crippen MR) is 68.8 cm³/mol. The summed E-state index contributed by atoms with van der Waals surface area (Å²) < 4.78 is 5.59. The Morgan fingerprint density at radius 2 is 2.00 bits per heavy atom. The van der Waals surface area contributed by atoms with Crippen molar-refractivity contribution < 1.29 is 9.66 Å². The maximum Gasteiger partial charge on any atom is 0.273 e. The number of benzene rings is 2. The van der Waals surface area contributed by atoms with E-state index >= 15 is 0 Å². The Balaban J connectivity index is 2.28. The van der Waals surface area contributed by atoms with Gasteiger partial charge in [0.05, 0.1) is 11.0 Å². The fraction of sp³-hybridized carbons (Fsp3) is 0.0769. The van der Waals surface area contributed by atoms with Crippen molar-refractivity contribution in [1.29, 1.82) is 0 Å². The van der Waals surface area contributed by atoms with E-state index in [9.17, 15) is 10.1 Å². The molecule has 0 spiro atoms. The van der Waals surface area contributed by atoms with Crippen LogP contribution in [0.3, 0.4) is 0 Å². The van der Waals surface area contributed by atoms with Gasteiger partial charge in [-0.1, -0.05) is 6.07 Å². The van der Waals surface area contributed by atoms with Crippen LogP contribution in [0.2, 0.25) is 0 Å². The summed E-state index contributed by atoms with van der Waals surface area (Å²) in [5.41, 5.74) is 7.17. The molecule has 0 unspecified atom stereocenters. The lowest BCUT2D eigenvalue weighted by Crippen LogP contribution is -1.92. The molecule has 0 aromatic heterocycles. The molecule has 0 saturated heterocycles. The molecule has 2 rings (SSSR count). The van der Waals surface area contributed by atoms with Gasteiger partial charge in [0.2, 0.25) is 0 Å². The third kappa shape index (κ3) is 2.57. The molecule has 0 amide bonds. The van der Waals surface area contributed by atoms with E-state index in [2.05, 4.69) is 0 Å². The second kappa shape index (κ2) is 4.75. The number of nitrogens with two attached hydrogens (primary N) is 1. The van der Waals surface area contributed by atoms with Gasteiger partial charge in [0.1, 0.15) is 11.5 Å². The highest BCUT2D eigenvalue weighted by Crippen LogP contribution is 2.28. The molecule has 2 aromatic rings. The smallest absolute Gasteiger partial charge is 0.273 e. The van der Waals surface area contributed by atoms with Gasteiger partial charge in [-0.25, -0.2) is 0 Å². The Labute approximate surface area is 104 Å². The van der Waals surface area contributed by atoms with Crippen LogP contribution in [0.15, 0.2) is 42.5 Å². The van der Waals surface area contributed by atoms with Crippen molar-refractivity contribution in [3.05, 3.63) is 58.1 Å². The molecule has 0 bridgehead atoms. The van der Waals surface area contributed by atoms with Crippen molar-refractivity contribution in [3.8, 4) is 11.5 Å². The van der Waals surface area contributed by atoms with Gasteiger partial charge in [-0.15, -0.1) is 0 Å². The third-order valence-electron chi connectivity index (χ3n) is 2.46. The minimum atomic E-state index is -0.456. The summed E-state index contributed by atoms with van der Waals surface area (Å²) in [5.74, 6) is 1.06. The summed E-state index contributed by atoms with van der Waals surface area (Å²) in [6.45, 7) is 1.86. The zero-order chi connectivity index (χ0) is 13.1. The van der Waals surface area contributed by atoms with Crippen LogP contribution in [0.4, 0.5) is 11.4 Å². The first-order valence-electron chi connectivity index (χ1n) is 5.35. The molecule has 0 aliphatic carbocycles. The van der Waals surface area contributed by atoms with Crippen LogP contribution >= 0.6 is 0 Å². The number of hydrogen-bond donors (Lipinski definition) is 1. The summed E-state index contributed by atoms with van der Waals surface area (Å²) in [6, 6.07) is 11.3. The van der Waals surface area contributed by atoms with Crippen LogP contribution in [0.1, 0.15) is 5.56 Å². The van der Waals surface area contributed by atoms with E-state index in [1.54, 1.807) is 30.3 Å². The standard InChI is InChI=1S/C13H12N2O3/c1-9-7-10(14)5-6-13(9)18-12-4-2-3-11(8-12)15(16)17/h2-8H,14H2,1H3. The molecule has 0 heterocycles. The number of nitro benzene ring substituents is 1. The monoisotopic (exact) mass is 244 g/mol. The fourth-order valence-corrected chi connectivity index (χ4v) is 1.57. The molecule has 0 fully saturated rings. The zero-order valence-electron chi connectivity index (χ0n) is 9.79. The van der Waals surface area contributed by atoms with E-state index in [1.165, 1.54) is 12.1 Å². The Bertz CT molecular complexity index is 597. The van der Waals surface area contributed by atoms with Crippen molar-refractivity contribution in [2.24, 2.45) is 0 Å². The number of rotatable bonds is 3. The molecule has 92 valence electrons. The maximum absolute atomic E-state index is 10.7. The van der Waals surface area contributed by atoms with Gasteiger partial charge in [-0.05, 0) is 36.8 Å². The highest BCUT2D eigenvalue weighted by Gasteiger charge is 2.08. The second-order valence-electron chi connectivity index (χ2n) is 3.88. The SMILES string of the molecule is Cc1cc(N)ccc1Oc1cccc([N+](=O)[O-])c1. The van der Waals surface area contributed by atoms with E-state index in [-0.39, 0.29) is 5.69 Å². The average molecular weight is 244 g/mol. The molecular weight excluding hydrogens is 232 g/mol. The summed E-state index contributed by atoms with van der Waals surface area (Å²) in [4.78, 5) is 10.2. The first kappa shape index (κ1) is 11.9. The Morgan fingerprint density at radius 3 is 2.67 bits per heavy atom. The van der Waals surface area contributed by atoms with Gasteiger partial charge >= 0.3 is 0 Å². The first-order valence-corrected chi connectivity index (χ1v) is 5.35. The van der Waals surface area contributed by atoms with Crippen molar-refractivity contribution in [2.75, 3.05) is 5.73 Å². The number of nitrogens with zero attached hydrogens (tertiary/aromatic N) is 1. The Kier molecular flexibility index (Phi) is 3.14. The van der Waals surface area contributed by atoms with Crippen LogP contribution in [0.25, 0.3) is 0 Å². The molecule has 2 aromatic carbocycles. The number of anilines is 1. The van der Waals surface area contributed by atoms with E-state index in [1.807, 2.05) is 6.92 Å². The van der Waals surface area contributed by atoms with E-state index in [0.29, 0.717) is 17.2 Å². The predicted octanol–water partition coefficient (Wildman–Crippen LogP) is 3.28. The molecule has 18 heavy (non-hydrogen) atoms. The van der Waals surface area contributed by atoms with E-state index < -0.39 is 4.92 Å². The number of aryl methyl sites for hydroxylation is 1. The van der Waals surface area contributed by atoms with Crippen molar-refractivity contribution >= 4 is 11.4 Å². The number of hydrogen-bond acceptors (Lipinski definition) is 4. The molecule has 0 radical (unpaired) electrons. The molecule has 0 aliphatic rings. The second-order valence-corrected chi connectivity index (χ2v) is 3.88. The Morgan fingerprint density at radius 1 is 1.22 bits per heavy atom. The summed E-state index contributed by atoms with van der Waals surface area (Å²) in [5, 5.41) is 10.7. The van der Waals surface area contributed by atoms with Crippen molar-refractivity contribution in [2.45, 2.75) is 6.92 Å². The molecule has 0 atom stereocenters. The Hall–Kier alpha value is -2.56. The number of nitrogen functional groups attached to an aromatic ring is 1. The normalized spacial score (nSPS) is 10.1. The quantitative estimate of drug-likeness (QED) is 0.510. The summed E-state index contributed by atoms with van der Waals surface area (Å²) >= 11 is 0. The van der Waals surface area contributed by atoms with Gasteiger partial charge in [0.15, 0.2) is 0 Å². The summed E-state index contributed by atoms with van der Waals surface area (Å²) in [6.07, 6.45) is 0. The zero-order valence-corrected chi connectivity index (χ0v) is 9.79. The number of nitro groups is 1. The minimum absolute atomic E-state index is 0.000554. The lowest BCUT2D eigenvalue weighted by atomic mass is 10.2. The van der Waals surface area contributed by atoms with Crippen LogP contribution in [0.5, 0.6) is 11.5 Å². The molecule has 5 nitrogen and oxygen atoms in total. The third-order valence-corrected chi connectivity index (χ3v) is 2.46. The van der Waals surface area contributed by atoms with E-state index in [4.69, 9.17) is 10.5 Å². The average Bonchev–Trinajstić information content (AvgIpc) is 2.33. The molecule has 2 N–H and O–H groups in total. The van der Waals surface area contributed by atoms with Crippen molar-refractivity contribution in [3.63, 3.8) is 0 Å². The van der Waals surface area contributed by atoms with Crippen molar-refractivity contribution in [1.82, 2.24) is 0 Å². The van der Waals surface area contributed by atoms with Gasteiger partial charge in [0, 0.05) is 11.8 Å². The van der Waals surface area contributed by atoms with Crippen LogP contribution in [0, 0.1) is 17.0 Å². The number of ether oxygens (including phenoxy) is 1.